The molecule has 0 spiro atoms. The monoisotopic (exact) mass is 495 g/mol. The molecule has 1 fully saturated rings. The van der Waals surface area contributed by atoms with E-state index >= 15 is 0 Å². The van der Waals surface area contributed by atoms with Crippen LogP contribution in [0, 0.1) is 29.1 Å². The number of carbonyl (C=O) groups is 2. The van der Waals surface area contributed by atoms with Crippen molar-refractivity contribution in [2.24, 2.45) is 17.3 Å². The third kappa shape index (κ3) is 8.28. The van der Waals surface area contributed by atoms with Gasteiger partial charge in [0.25, 0.3) is 0 Å². The summed E-state index contributed by atoms with van der Waals surface area (Å²) in [6.07, 6.45) is 3.87. The Labute approximate surface area is 202 Å². The van der Waals surface area contributed by atoms with Crippen LogP contribution in [0.5, 0.6) is 0 Å². The zero-order valence-corrected chi connectivity index (χ0v) is 22.7. The van der Waals surface area contributed by atoms with E-state index in [4.69, 9.17) is 9.26 Å². The van der Waals surface area contributed by atoms with Crippen molar-refractivity contribution in [2.45, 2.75) is 60.3 Å². The number of amides is 1. The summed E-state index contributed by atoms with van der Waals surface area (Å²) in [6.45, 7) is 12.2. The van der Waals surface area contributed by atoms with Gasteiger partial charge in [-0.25, -0.2) is 4.79 Å². The fourth-order valence-corrected chi connectivity index (χ4v) is 6.00. The Morgan fingerprint density at radius 1 is 1.24 bits per heavy atom. The van der Waals surface area contributed by atoms with Crippen molar-refractivity contribution in [1.29, 1.82) is 0 Å². The average Bonchev–Trinajstić information content (AvgIpc) is 3.15. The topological polar surface area (TPSA) is 72.9 Å². The number of anilines is 1. The van der Waals surface area contributed by atoms with Gasteiger partial charge in [0.2, 0.25) is 13.3 Å². The molecule has 0 N–H and O–H groups in total. The van der Waals surface area contributed by atoms with Gasteiger partial charge in [-0.3, -0.25) is 9.36 Å². The van der Waals surface area contributed by atoms with Crippen LogP contribution in [-0.2, 0) is 18.6 Å². The standard InChI is InChI=1S/C25H38NO5PS/c1-8-31-32(7,29)16-15-26(23(27)19-11-9-18(2)10-12-19)21-17-20(13-14-25(3,4)5)33-22(21)24(28)30-6/h17-19H,8-12,15-16H2,1-7H3/t18-,19-,32?. The van der Waals surface area contributed by atoms with Crippen LogP contribution in [0.25, 0.3) is 0 Å². The molecule has 1 aliphatic carbocycles. The van der Waals surface area contributed by atoms with Gasteiger partial charge in [-0.1, -0.05) is 18.8 Å². The molecule has 8 heteroatoms. The molecule has 1 aliphatic rings. The lowest BCUT2D eigenvalue weighted by atomic mass is 9.82. The lowest BCUT2D eigenvalue weighted by Crippen LogP contribution is -2.40. The van der Waals surface area contributed by atoms with Crippen LogP contribution in [0.3, 0.4) is 0 Å². The third-order valence-electron chi connectivity index (χ3n) is 5.70. The van der Waals surface area contributed by atoms with Crippen molar-refractivity contribution in [3.8, 4) is 11.8 Å². The number of hydrogen-bond donors (Lipinski definition) is 0. The first-order chi connectivity index (χ1) is 15.4. The van der Waals surface area contributed by atoms with Crippen LogP contribution in [0.15, 0.2) is 6.07 Å². The van der Waals surface area contributed by atoms with Crippen LogP contribution in [0.4, 0.5) is 5.69 Å². The quantitative estimate of drug-likeness (QED) is 0.250. The molecular formula is C25H38NO5PS. The second-order valence-electron chi connectivity index (χ2n) is 9.92. The highest BCUT2D eigenvalue weighted by molar-refractivity contribution is 7.58. The Balaban J connectivity index is 2.47. The van der Waals surface area contributed by atoms with Crippen LogP contribution in [0.1, 0.15) is 74.9 Å². The van der Waals surface area contributed by atoms with Gasteiger partial charge in [-0.05, 0) is 65.4 Å². The summed E-state index contributed by atoms with van der Waals surface area (Å²) in [5.74, 6) is 6.29. The Hall–Kier alpha value is -1.61. The average molecular weight is 496 g/mol. The minimum absolute atomic E-state index is 0.0308. The Bertz CT molecular complexity index is 944. The summed E-state index contributed by atoms with van der Waals surface area (Å²) in [5.41, 5.74) is 0.293. The Morgan fingerprint density at radius 2 is 1.88 bits per heavy atom. The van der Waals surface area contributed by atoms with Crippen LogP contribution >= 0.6 is 18.7 Å². The minimum atomic E-state index is -2.86. The van der Waals surface area contributed by atoms with Crippen molar-refractivity contribution >= 4 is 36.3 Å². The largest absolute Gasteiger partial charge is 0.465 e. The lowest BCUT2D eigenvalue weighted by Gasteiger charge is -2.31. The van der Waals surface area contributed by atoms with Gasteiger partial charge in [0.05, 0.1) is 24.3 Å². The highest BCUT2D eigenvalue weighted by atomic mass is 32.1. The number of nitrogens with zero attached hydrogens (tertiary/aromatic N) is 1. The number of rotatable bonds is 8. The summed E-state index contributed by atoms with van der Waals surface area (Å²) < 4.78 is 23.3. The molecule has 6 nitrogen and oxygen atoms in total. The molecule has 1 unspecified atom stereocenters. The highest BCUT2D eigenvalue weighted by Gasteiger charge is 2.33. The number of thiophene rings is 1. The maximum absolute atomic E-state index is 13.7. The van der Waals surface area contributed by atoms with Gasteiger partial charge >= 0.3 is 5.97 Å². The molecule has 33 heavy (non-hydrogen) atoms. The molecule has 0 bridgehead atoms. The van der Waals surface area contributed by atoms with E-state index in [2.05, 4.69) is 18.8 Å². The first kappa shape index (κ1) is 27.6. The van der Waals surface area contributed by atoms with Crippen molar-refractivity contribution in [2.75, 3.05) is 38.0 Å². The van der Waals surface area contributed by atoms with Gasteiger partial charge < -0.3 is 14.2 Å². The van der Waals surface area contributed by atoms with E-state index in [-0.39, 0.29) is 29.9 Å². The molecular weight excluding hydrogens is 457 g/mol. The van der Waals surface area contributed by atoms with E-state index in [1.807, 2.05) is 20.8 Å². The van der Waals surface area contributed by atoms with Crippen LogP contribution in [-0.4, -0.2) is 45.0 Å². The second-order valence-corrected chi connectivity index (χ2v) is 13.7. The Morgan fingerprint density at radius 3 is 2.42 bits per heavy atom. The molecule has 0 saturated heterocycles. The molecule has 1 saturated carbocycles. The number of hydrogen-bond acceptors (Lipinski definition) is 6. The molecule has 1 aromatic heterocycles. The van der Waals surface area contributed by atoms with E-state index in [1.54, 1.807) is 24.6 Å². The van der Waals surface area contributed by atoms with Crippen LogP contribution in [0.2, 0.25) is 0 Å². The van der Waals surface area contributed by atoms with Crippen molar-refractivity contribution < 1.29 is 23.4 Å². The van der Waals surface area contributed by atoms with E-state index in [9.17, 15) is 14.2 Å². The maximum Gasteiger partial charge on any atom is 0.350 e. The summed E-state index contributed by atoms with van der Waals surface area (Å²) in [5, 5.41) is 0. The van der Waals surface area contributed by atoms with Crippen molar-refractivity contribution in [3.63, 3.8) is 0 Å². The van der Waals surface area contributed by atoms with E-state index in [0.29, 0.717) is 28.0 Å². The smallest absolute Gasteiger partial charge is 0.350 e. The molecule has 0 radical (unpaired) electrons. The van der Waals surface area contributed by atoms with Gasteiger partial charge in [0, 0.05) is 30.7 Å². The molecule has 2 rings (SSSR count). The molecule has 1 heterocycles. The number of ether oxygens (including phenoxy) is 1. The molecule has 1 atom stereocenters. The first-order valence-corrected chi connectivity index (χ1v) is 14.7. The molecule has 1 amide bonds. The summed E-state index contributed by atoms with van der Waals surface area (Å²) >= 11 is 1.23. The zero-order valence-electron chi connectivity index (χ0n) is 21.0. The lowest BCUT2D eigenvalue weighted by molar-refractivity contribution is -0.123. The first-order valence-electron chi connectivity index (χ1n) is 11.6. The van der Waals surface area contributed by atoms with Crippen LogP contribution < -0.4 is 4.90 Å². The Kier molecular flexibility index (Phi) is 9.79. The molecule has 0 aliphatic heterocycles. The molecule has 0 aromatic carbocycles. The van der Waals surface area contributed by atoms with Crippen molar-refractivity contribution in [3.05, 3.63) is 15.8 Å². The summed E-state index contributed by atoms with van der Waals surface area (Å²) in [7, 11) is -1.54. The number of carbonyl (C=O) groups excluding carboxylic acids is 2. The van der Waals surface area contributed by atoms with E-state index in [1.165, 1.54) is 18.4 Å². The minimum Gasteiger partial charge on any atom is -0.465 e. The van der Waals surface area contributed by atoms with E-state index < -0.39 is 13.3 Å². The summed E-state index contributed by atoms with van der Waals surface area (Å²) in [6, 6.07) is 1.79. The fraction of sp³-hybridized carbons (Fsp3) is 0.680. The highest BCUT2D eigenvalue weighted by Crippen LogP contribution is 2.43. The second kappa shape index (κ2) is 11.7. The maximum atomic E-state index is 13.7. The predicted octanol–water partition coefficient (Wildman–Crippen LogP) is 6.04. The van der Waals surface area contributed by atoms with Gasteiger partial charge in [0.1, 0.15) is 4.88 Å². The third-order valence-corrected chi connectivity index (χ3v) is 8.53. The SMILES string of the molecule is CCOP(C)(=O)CCN(c1cc(C#CC(C)(C)C)sc1C(=O)OC)C(=O)[C@H]1CC[C@H](C)CC1. The fourth-order valence-electron chi connectivity index (χ4n) is 3.83. The van der Waals surface area contributed by atoms with E-state index in [0.717, 1.165) is 25.7 Å². The normalized spacial score (nSPS) is 20.3. The molecule has 1 aromatic rings. The van der Waals surface area contributed by atoms with Gasteiger partial charge in [0.15, 0.2) is 0 Å². The number of methoxy groups -OCH3 is 1. The van der Waals surface area contributed by atoms with Crippen molar-refractivity contribution in [1.82, 2.24) is 0 Å². The predicted molar refractivity (Wildman–Crippen MR) is 135 cm³/mol. The zero-order chi connectivity index (χ0) is 24.8. The van der Waals surface area contributed by atoms with Gasteiger partial charge in [-0.2, -0.15) is 0 Å². The number of esters is 1. The van der Waals surface area contributed by atoms with Gasteiger partial charge in [-0.15, -0.1) is 11.3 Å². The summed E-state index contributed by atoms with van der Waals surface area (Å²) in [4.78, 5) is 29.0. The molecule has 184 valence electrons.